The molecule has 5 nitrogen and oxygen atoms in total. The molecule has 6 heteroatoms. The van der Waals surface area contributed by atoms with Crippen molar-refractivity contribution in [2.45, 2.75) is 13.0 Å². The zero-order valence-electron chi connectivity index (χ0n) is 8.97. The van der Waals surface area contributed by atoms with E-state index in [1.54, 1.807) is 6.20 Å². The van der Waals surface area contributed by atoms with E-state index in [2.05, 4.69) is 20.9 Å². The predicted octanol–water partition coefficient (Wildman–Crippen LogP) is 1.28. The molecule has 0 aliphatic carbocycles. The van der Waals surface area contributed by atoms with E-state index in [1.165, 1.54) is 4.90 Å². The zero-order chi connectivity index (χ0) is 12.4. The lowest BCUT2D eigenvalue weighted by atomic mass is 10.1. The Balaban J connectivity index is 2.02. The Morgan fingerprint density at radius 1 is 1.59 bits per heavy atom. The van der Waals surface area contributed by atoms with Crippen LogP contribution in [-0.2, 0) is 16.1 Å². The summed E-state index contributed by atoms with van der Waals surface area (Å²) in [5.41, 5.74) is 0.757. The molecule has 0 bridgehead atoms. The summed E-state index contributed by atoms with van der Waals surface area (Å²) in [7, 11) is 0. The van der Waals surface area contributed by atoms with Crippen LogP contribution in [0.25, 0.3) is 0 Å². The van der Waals surface area contributed by atoms with Gasteiger partial charge in [-0.15, -0.1) is 0 Å². The third kappa shape index (κ3) is 2.82. The minimum absolute atomic E-state index is 0.0891. The van der Waals surface area contributed by atoms with Gasteiger partial charge in [-0.1, -0.05) is 0 Å². The Morgan fingerprint density at radius 3 is 2.88 bits per heavy atom. The van der Waals surface area contributed by atoms with Gasteiger partial charge < -0.3 is 10.0 Å². The van der Waals surface area contributed by atoms with Crippen molar-refractivity contribution < 1.29 is 14.7 Å². The van der Waals surface area contributed by atoms with Gasteiger partial charge in [-0.3, -0.25) is 14.6 Å². The molecule has 1 aromatic rings. The molecule has 90 valence electrons. The Bertz CT molecular complexity index is 447. The number of hydrogen-bond acceptors (Lipinski definition) is 3. The highest BCUT2D eigenvalue weighted by Gasteiger charge is 2.34. The Hall–Kier alpha value is -1.43. The molecule has 1 unspecified atom stereocenters. The smallest absolute Gasteiger partial charge is 0.308 e. The topological polar surface area (TPSA) is 70.5 Å². The van der Waals surface area contributed by atoms with Crippen molar-refractivity contribution in [1.29, 1.82) is 0 Å². The van der Waals surface area contributed by atoms with Gasteiger partial charge in [0.25, 0.3) is 0 Å². The van der Waals surface area contributed by atoms with Gasteiger partial charge in [-0.05, 0) is 28.1 Å². The summed E-state index contributed by atoms with van der Waals surface area (Å²) < 4.78 is 0.873. The molecule has 2 heterocycles. The number of likely N-dealkylation sites (tertiary alicyclic amines) is 1. The molecule has 1 amide bonds. The van der Waals surface area contributed by atoms with Crippen LogP contribution in [0.3, 0.4) is 0 Å². The quantitative estimate of drug-likeness (QED) is 0.912. The second-order valence-electron chi connectivity index (χ2n) is 3.98. The van der Waals surface area contributed by atoms with Crippen molar-refractivity contribution in [2.24, 2.45) is 5.92 Å². The molecule has 0 saturated carbocycles. The summed E-state index contributed by atoms with van der Waals surface area (Å²) in [6.07, 6.45) is 1.75. The number of carboxylic acid groups (broad SMARTS) is 1. The number of carbonyl (C=O) groups excluding carboxylic acids is 1. The van der Waals surface area contributed by atoms with Crippen molar-refractivity contribution >= 4 is 27.8 Å². The molecule has 1 N–H and O–H groups in total. The van der Waals surface area contributed by atoms with Crippen LogP contribution in [-0.4, -0.2) is 33.4 Å². The lowest BCUT2D eigenvalue weighted by Crippen LogP contribution is -2.26. The number of aromatic nitrogens is 1. The van der Waals surface area contributed by atoms with Crippen molar-refractivity contribution in [3.63, 3.8) is 0 Å². The number of pyridine rings is 1. The molecule has 17 heavy (non-hydrogen) atoms. The fourth-order valence-corrected chi connectivity index (χ4v) is 2.02. The van der Waals surface area contributed by atoms with Gasteiger partial charge in [-0.25, -0.2) is 0 Å². The normalized spacial score (nSPS) is 19.7. The van der Waals surface area contributed by atoms with Crippen LogP contribution in [0.5, 0.6) is 0 Å². The monoisotopic (exact) mass is 298 g/mol. The van der Waals surface area contributed by atoms with Gasteiger partial charge in [0.1, 0.15) is 0 Å². The largest absolute Gasteiger partial charge is 0.481 e. The maximum Gasteiger partial charge on any atom is 0.308 e. The number of aliphatic carboxylic acids is 1. The lowest BCUT2D eigenvalue weighted by Gasteiger charge is -2.15. The molecule has 1 saturated heterocycles. The zero-order valence-corrected chi connectivity index (χ0v) is 10.6. The number of amides is 1. The van der Waals surface area contributed by atoms with Crippen LogP contribution in [0.4, 0.5) is 0 Å². The van der Waals surface area contributed by atoms with E-state index in [4.69, 9.17) is 5.11 Å². The van der Waals surface area contributed by atoms with E-state index in [9.17, 15) is 9.59 Å². The second-order valence-corrected chi connectivity index (χ2v) is 4.90. The van der Waals surface area contributed by atoms with Crippen LogP contribution in [0.1, 0.15) is 12.1 Å². The molecule has 1 atom stereocenters. The molecule has 0 radical (unpaired) electrons. The average molecular weight is 299 g/mol. The SMILES string of the molecule is O=C(O)C1CC(=O)N(Cc2ccc(Br)cn2)C1. The standard InChI is InChI=1S/C11H11BrN2O3/c12-8-1-2-9(13-4-8)6-14-5-7(11(16)17)3-10(14)15/h1-2,4,7H,3,5-6H2,(H,16,17). The molecule has 0 aromatic carbocycles. The van der Waals surface area contributed by atoms with E-state index in [1.807, 2.05) is 12.1 Å². The third-order valence-electron chi connectivity index (χ3n) is 2.71. The van der Waals surface area contributed by atoms with E-state index in [0.717, 1.165) is 10.2 Å². The summed E-state index contributed by atoms with van der Waals surface area (Å²) in [4.78, 5) is 28.1. The van der Waals surface area contributed by atoms with E-state index in [-0.39, 0.29) is 18.9 Å². The van der Waals surface area contributed by atoms with Gasteiger partial charge in [0.05, 0.1) is 18.2 Å². The number of nitrogens with zero attached hydrogens (tertiary/aromatic N) is 2. The van der Waals surface area contributed by atoms with E-state index >= 15 is 0 Å². The Morgan fingerprint density at radius 2 is 2.35 bits per heavy atom. The minimum Gasteiger partial charge on any atom is -0.481 e. The van der Waals surface area contributed by atoms with Crippen LogP contribution in [0, 0.1) is 5.92 Å². The molecular weight excluding hydrogens is 288 g/mol. The van der Waals surface area contributed by atoms with Crippen LogP contribution >= 0.6 is 15.9 Å². The van der Waals surface area contributed by atoms with Crippen molar-refractivity contribution in [2.75, 3.05) is 6.54 Å². The molecule has 1 fully saturated rings. The maximum absolute atomic E-state index is 11.6. The molecular formula is C11H11BrN2O3. The fraction of sp³-hybridized carbons (Fsp3) is 0.364. The highest BCUT2D eigenvalue weighted by Crippen LogP contribution is 2.20. The first-order valence-electron chi connectivity index (χ1n) is 5.17. The first kappa shape index (κ1) is 12.0. The van der Waals surface area contributed by atoms with Gasteiger partial charge in [0.2, 0.25) is 5.91 Å². The summed E-state index contributed by atoms with van der Waals surface area (Å²) in [5.74, 6) is -1.62. The number of hydrogen-bond donors (Lipinski definition) is 1. The Kier molecular flexibility index (Phi) is 3.42. The van der Waals surface area contributed by atoms with Crippen molar-refractivity contribution in [1.82, 2.24) is 9.88 Å². The highest BCUT2D eigenvalue weighted by atomic mass is 79.9. The number of rotatable bonds is 3. The Labute approximate surface area is 107 Å². The first-order valence-corrected chi connectivity index (χ1v) is 5.96. The van der Waals surface area contributed by atoms with Gasteiger partial charge in [0.15, 0.2) is 0 Å². The molecule has 2 rings (SSSR count). The predicted molar refractivity (Wildman–Crippen MR) is 63.1 cm³/mol. The lowest BCUT2D eigenvalue weighted by molar-refractivity contribution is -0.141. The second kappa shape index (κ2) is 4.83. The average Bonchev–Trinajstić information content (AvgIpc) is 2.64. The van der Waals surface area contributed by atoms with Crippen LogP contribution < -0.4 is 0 Å². The van der Waals surface area contributed by atoms with Crippen LogP contribution in [0.15, 0.2) is 22.8 Å². The van der Waals surface area contributed by atoms with Gasteiger partial charge in [-0.2, -0.15) is 0 Å². The highest BCUT2D eigenvalue weighted by molar-refractivity contribution is 9.10. The summed E-state index contributed by atoms with van der Waals surface area (Å²) in [5, 5.41) is 8.85. The summed E-state index contributed by atoms with van der Waals surface area (Å²) in [6.45, 7) is 0.641. The van der Waals surface area contributed by atoms with Crippen molar-refractivity contribution in [3.8, 4) is 0 Å². The minimum atomic E-state index is -0.912. The first-order chi connectivity index (χ1) is 8.06. The number of halogens is 1. The summed E-state index contributed by atoms with van der Waals surface area (Å²) >= 11 is 3.28. The van der Waals surface area contributed by atoms with E-state index in [0.29, 0.717) is 6.54 Å². The fourth-order valence-electron chi connectivity index (χ4n) is 1.79. The maximum atomic E-state index is 11.6. The molecule has 1 aliphatic rings. The van der Waals surface area contributed by atoms with Crippen molar-refractivity contribution in [3.05, 3.63) is 28.5 Å². The number of carbonyl (C=O) groups is 2. The van der Waals surface area contributed by atoms with Gasteiger partial charge in [0, 0.05) is 23.6 Å². The molecule has 0 spiro atoms. The molecule has 1 aliphatic heterocycles. The number of carboxylic acids is 1. The van der Waals surface area contributed by atoms with Crippen LogP contribution in [0.2, 0.25) is 0 Å². The van der Waals surface area contributed by atoms with E-state index < -0.39 is 11.9 Å². The molecule has 1 aromatic heterocycles. The van der Waals surface area contributed by atoms with Gasteiger partial charge >= 0.3 is 5.97 Å². The third-order valence-corrected chi connectivity index (χ3v) is 3.17. The summed E-state index contributed by atoms with van der Waals surface area (Å²) in [6, 6.07) is 3.66.